The molecule has 0 spiro atoms. The average Bonchev–Trinajstić information content (AvgIpc) is 2.48. The van der Waals surface area contributed by atoms with Gasteiger partial charge in [0.15, 0.2) is 9.84 Å². The lowest BCUT2D eigenvalue weighted by molar-refractivity contribution is 0.149. The van der Waals surface area contributed by atoms with Gasteiger partial charge in [-0.15, -0.1) is 0 Å². The molecule has 2 aromatic carbocycles. The molecule has 0 aliphatic heterocycles. The molecule has 0 heterocycles. The van der Waals surface area contributed by atoms with E-state index >= 15 is 0 Å². The maximum absolute atomic E-state index is 12.0. The fourth-order valence-corrected chi connectivity index (χ4v) is 2.80. The zero-order valence-electron chi connectivity index (χ0n) is 11.9. The van der Waals surface area contributed by atoms with Gasteiger partial charge in [-0.25, -0.2) is 8.42 Å². The summed E-state index contributed by atoms with van der Waals surface area (Å²) in [6.45, 7) is 2.65. The van der Waals surface area contributed by atoms with E-state index in [0.29, 0.717) is 11.5 Å². The van der Waals surface area contributed by atoms with Gasteiger partial charge in [0.25, 0.3) is 0 Å². The highest BCUT2D eigenvalue weighted by Crippen LogP contribution is 2.13. The van der Waals surface area contributed by atoms with Crippen molar-refractivity contribution in [1.29, 1.82) is 0 Å². The summed E-state index contributed by atoms with van der Waals surface area (Å²) in [6, 6.07) is 16.5. The number of benzene rings is 2. The van der Waals surface area contributed by atoms with E-state index in [0.717, 1.165) is 11.1 Å². The van der Waals surface area contributed by atoms with Gasteiger partial charge in [0.2, 0.25) is 0 Å². The molecular formula is C17H18O3S. The topological polar surface area (TPSA) is 43.4 Å². The van der Waals surface area contributed by atoms with Crippen LogP contribution in [0.2, 0.25) is 0 Å². The maximum Gasteiger partial charge on any atom is 0.199 e. The molecule has 3 nitrogen and oxygen atoms in total. The predicted octanol–water partition coefficient (Wildman–Crippen LogP) is 3.50. The third kappa shape index (κ3) is 4.85. The Labute approximate surface area is 125 Å². The number of sulfone groups is 1. The van der Waals surface area contributed by atoms with E-state index in [1.165, 1.54) is 11.5 Å². The van der Waals surface area contributed by atoms with E-state index in [1.807, 2.05) is 37.3 Å². The average molecular weight is 302 g/mol. The summed E-state index contributed by atoms with van der Waals surface area (Å²) in [5, 5.41) is 1.20. The molecule has 0 saturated carbocycles. The van der Waals surface area contributed by atoms with Crippen LogP contribution in [0.25, 0.3) is 0 Å². The third-order valence-electron chi connectivity index (χ3n) is 2.95. The molecule has 0 radical (unpaired) electrons. The van der Waals surface area contributed by atoms with Gasteiger partial charge in [0.05, 0.1) is 18.1 Å². The molecule has 0 aromatic heterocycles. The van der Waals surface area contributed by atoms with Crippen LogP contribution in [-0.4, -0.2) is 15.0 Å². The van der Waals surface area contributed by atoms with Crippen LogP contribution in [0.5, 0.6) is 0 Å². The molecule has 0 saturated heterocycles. The zero-order chi connectivity index (χ0) is 15.1. The maximum atomic E-state index is 12.0. The van der Waals surface area contributed by atoms with Crippen molar-refractivity contribution in [3.05, 3.63) is 77.2 Å². The van der Waals surface area contributed by atoms with Gasteiger partial charge in [-0.1, -0.05) is 48.0 Å². The second-order valence-corrected chi connectivity index (χ2v) is 6.56. The summed E-state index contributed by atoms with van der Waals surface area (Å²) in [7, 11) is -3.38. The van der Waals surface area contributed by atoms with Gasteiger partial charge in [-0.3, -0.25) is 0 Å². The molecular weight excluding hydrogens is 284 g/mol. The number of ether oxygens (including phenoxy) is 1. The lowest BCUT2D eigenvalue weighted by Crippen LogP contribution is -1.98. The van der Waals surface area contributed by atoms with Crippen molar-refractivity contribution in [2.45, 2.75) is 18.4 Å². The van der Waals surface area contributed by atoms with Crippen LogP contribution in [0.3, 0.4) is 0 Å². The normalized spacial score (nSPS) is 11.9. The van der Waals surface area contributed by atoms with E-state index < -0.39 is 9.84 Å². The van der Waals surface area contributed by atoms with Crippen LogP contribution in [-0.2, 0) is 21.2 Å². The molecule has 0 bridgehead atoms. The van der Waals surface area contributed by atoms with Crippen molar-refractivity contribution in [1.82, 2.24) is 0 Å². The van der Waals surface area contributed by atoms with Gasteiger partial charge in [0, 0.05) is 5.41 Å². The number of aryl methyl sites for hydroxylation is 1. The first kappa shape index (κ1) is 15.5. The Morgan fingerprint density at radius 3 is 2.33 bits per heavy atom. The predicted molar refractivity (Wildman–Crippen MR) is 83.6 cm³/mol. The van der Waals surface area contributed by atoms with Crippen molar-refractivity contribution in [3.8, 4) is 0 Å². The Balaban J connectivity index is 1.87. The lowest BCUT2D eigenvalue weighted by Gasteiger charge is -2.02. The minimum absolute atomic E-state index is 0.264. The molecule has 21 heavy (non-hydrogen) atoms. The van der Waals surface area contributed by atoms with Crippen molar-refractivity contribution >= 4 is 9.84 Å². The van der Waals surface area contributed by atoms with E-state index in [-0.39, 0.29) is 6.61 Å². The molecule has 4 heteroatoms. The van der Waals surface area contributed by atoms with E-state index in [4.69, 9.17) is 4.74 Å². The summed E-state index contributed by atoms with van der Waals surface area (Å²) >= 11 is 0. The molecule has 0 unspecified atom stereocenters. The number of hydrogen-bond donors (Lipinski definition) is 0. The van der Waals surface area contributed by atoms with E-state index in [1.54, 1.807) is 24.3 Å². The van der Waals surface area contributed by atoms with Crippen LogP contribution >= 0.6 is 0 Å². The van der Waals surface area contributed by atoms with Gasteiger partial charge >= 0.3 is 0 Å². The molecule has 2 aromatic rings. The van der Waals surface area contributed by atoms with Crippen molar-refractivity contribution in [2.24, 2.45) is 0 Å². The Morgan fingerprint density at radius 2 is 1.67 bits per heavy atom. The summed E-state index contributed by atoms with van der Waals surface area (Å²) in [4.78, 5) is 0.299. The monoisotopic (exact) mass is 302 g/mol. The van der Waals surface area contributed by atoms with Crippen molar-refractivity contribution in [3.63, 3.8) is 0 Å². The standard InChI is InChI=1S/C17H18O3S/c1-15-8-10-17(11-9-15)21(18,19)13-5-12-20-14-16-6-3-2-4-7-16/h2-11,13H,12,14H2,1H3/b13-5+. The molecule has 2 rings (SSSR count). The molecule has 0 aliphatic carbocycles. The molecule has 0 amide bonds. The first-order valence-electron chi connectivity index (χ1n) is 6.68. The van der Waals surface area contributed by atoms with Gasteiger partial charge in [-0.05, 0) is 30.7 Å². The molecule has 0 atom stereocenters. The first-order chi connectivity index (χ1) is 10.1. The van der Waals surface area contributed by atoms with Crippen LogP contribution < -0.4 is 0 Å². The Kier molecular flexibility index (Phi) is 5.31. The van der Waals surface area contributed by atoms with Gasteiger partial charge < -0.3 is 4.74 Å². The second-order valence-electron chi connectivity index (χ2n) is 4.73. The fourth-order valence-electron chi connectivity index (χ4n) is 1.79. The zero-order valence-corrected chi connectivity index (χ0v) is 12.7. The highest BCUT2D eigenvalue weighted by Gasteiger charge is 2.08. The van der Waals surface area contributed by atoms with Crippen LogP contribution in [0, 0.1) is 6.92 Å². The Morgan fingerprint density at radius 1 is 1.00 bits per heavy atom. The Hall–Kier alpha value is -1.91. The number of hydrogen-bond acceptors (Lipinski definition) is 3. The number of rotatable bonds is 6. The molecule has 0 N–H and O–H groups in total. The fraction of sp³-hybridized carbons (Fsp3) is 0.176. The largest absolute Gasteiger partial charge is 0.373 e. The van der Waals surface area contributed by atoms with Crippen LogP contribution in [0.15, 0.2) is 71.0 Å². The quantitative estimate of drug-likeness (QED) is 0.767. The van der Waals surface area contributed by atoms with Crippen LogP contribution in [0.1, 0.15) is 11.1 Å². The lowest BCUT2D eigenvalue weighted by atomic mass is 10.2. The summed E-state index contributed by atoms with van der Waals surface area (Å²) < 4.78 is 29.5. The van der Waals surface area contributed by atoms with Crippen molar-refractivity contribution < 1.29 is 13.2 Å². The van der Waals surface area contributed by atoms with Crippen molar-refractivity contribution in [2.75, 3.05) is 6.61 Å². The van der Waals surface area contributed by atoms with E-state index in [9.17, 15) is 8.42 Å². The highest BCUT2D eigenvalue weighted by molar-refractivity contribution is 7.94. The highest BCUT2D eigenvalue weighted by atomic mass is 32.2. The summed E-state index contributed by atoms with van der Waals surface area (Å²) in [6.07, 6.45) is 1.53. The second kappa shape index (κ2) is 7.20. The van der Waals surface area contributed by atoms with Gasteiger partial charge in [-0.2, -0.15) is 0 Å². The minimum atomic E-state index is -3.38. The minimum Gasteiger partial charge on any atom is -0.373 e. The molecule has 110 valence electrons. The summed E-state index contributed by atoms with van der Waals surface area (Å²) in [5.74, 6) is 0. The SMILES string of the molecule is Cc1ccc(S(=O)(=O)/C=C/COCc2ccccc2)cc1. The molecule has 0 aliphatic rings. The smallest absolute Gasteiger partial charge is 0.199 e. The van der Waals surface area contributed by atoms with Crippen LogP contribution in [0.4, 0.5) is 0 Å². The molecule has 0 fully saturated rings. The Bertz CT molecular complexity index is 687. The third-order valence-corrected chi connectivity index (χ3v) is 4.43. The summed E-state index contributed by atoms with van der Waals surface area (Å²) in [5.41, 5.74) is 2.09. The van der Waals surface area contributed by atoms with Gasteiger partial charge in [0.1, 0.15) is 0 Å². The first-order valence-corrected chi connectivity index (χ1v) is 8.22. The van der Waals surface area contributed by atoms with E-state index in [2.05, 4.69) is 0 Å².